The van der Waals surface area contributed by atoms with Crippen LogP contribution in [0.25, 0.3) is 0 Å². The van der Waals surface area contributed by atoms with Gasteiger partial charge in [-0.2, -0.15) is 0 Å². The van der Waals surface area contributed by atoms with Crippen LogP contribution in [-0.4, -0.2) is 23.8 Å². The summed E-state index contributed by atoms with van der Waals surface area (Å²) in [4.78, 5) is 12.3. The van der Waals surface area contributed by atoms with Crippen LogP contribution in [0.2, 0.25) is 0 Å². The first-order valence-corrected chi connectivity index (χ1v) is 7.87. The van der Waals surface area contributed by atoms with Crippen LogP contribution >= 0.6 is 0 Å². The van der Waals surface area contributed by atoms with Gasteiger partial charge in [-0.1, -0.05) is 57.0 Å². The van der Waals surface area contributed by atoms with Crippen molar-refractivity contribution in [2.75, 3.05) is 7.11 Å². The number of methoxy groups -OCH3 is 1. The number of carbonyl (C=O) groups is 1. The SMILES string of the molecule is COC(=O)C(O)(C(C)C)C1CCCCC1c1ccccc1. The second-order valence-electron chi connectivity index (χ2n) is 6.38. The molecule has 0 radical (unpaired) electrons. The summed E-state index contributed by atoms with van der Waals surface area (Å²) in [6.07, 6.45) is 4.08. The molecule has 1 aliphatic carbocycles. The Hall–Kier alpha value is -1.35. The zero-order valence-corrected chi connectivity index (χ0v) is 13.2. The van der Waals surface area contributed by atoms with Crippen molar-refractivity contribution in [1.82, 2.24) is 0 Å². The second-order valence-corrected chi connectivity index (χ2v) is 6.38. The van der Waals surface area contributed by atoms with E-state index < -0.39 is 11.6 Å². The lowest BCUT2D eigenvalue weighted by molar-refractivity contribution is -0.178. The smallest absolute Gasteiger partial charge is 0.338 e. The number of esters is 1. The molecular formula is C18H26O3. The van der Waals surface area contributed by atoms with Crippen LogP contribution < -0.4 is 0 Å². The summed E-state index contributed by atoms with van der Waals surface area (Å²) >= 11 is 0. The minimum atomic E-state index is -1.41. The molecule has 1 aromatic rings. The zero-order chi connectivity index (χ0) is 15.5. The molecule has 0 saturated heterocycles. The number of rotatable bonds is 4. The van der Waals surface area contributed by atoms with Crippen LogP contribution in [0.3, 0.4) is 0 Å². The van der Waals surface area contributed by atoms with Gasteiger partial charge >= 0.3 is 5.97 Å². The molecule has 0 aromatic heterocycles. The highest BCUT2D eigenvalue weighted by Gasteiger charge is 2.51. The number of hydrogen-bond acceptors (Lipinski definition) is 3. The van der Waals surface area contributed by atoms with Crippen LogP contribution in [-0.2, 0) is 9.53 Å². The topological polar surface area (TPSA) is 46.5 Å². The third-order valence-corrected chi connectivity index (χ3v) is 4.95. The predicted molar refractivity (Wildman–Crippen MR) is 82.9 cm³/mol. The normalized spacial score (nSPS) is 25.4. The van der Waals surface area contributed by atoms with Crippen molar-refractivity contribution >= 4 is 5.97 Å². The minimum absolute atomic E-state index is 0.0823. The van der Waals surface area contributed by atoms with E-state index in [0.29, 0.717) is 0 Å². The van der Waals surface area contributed by atoms with Gasteiger partial charge in [-0.05, 0) is 30.2 Å². The summed E-state index contributed by atoms with van der Waals surface area (Å²) in [5, 5.41) is 11.1. The van der Waals surface area contributed by atoms with Crippen molar-refractivity contribution in [1.29, 1.82) is 0 Å². The van der Waals surface area contributed by atoms with Crippen LogP contribution in [0, 0.1) is 11.8 Å². The van der Waals surface area contributed by atoms with Gasteiger partial charge in [0.25, 0.3) is 0 Å². The Labute approximate surface area is 127 Å². The molecule has 21 heavy (non-hydrogen) atoms. The van der Waals surface area contributed by atoms with E-state index in [1.807, 2.05) is 32.0 Å². The molecule has 0 heterocycles. The Balaban J connectivity index is 2.39. The first-order chi connectivity index (χ1) is 10.0. The van der Waals surface area contributed by atoms with E-state index in [0.717, 1.165) is 25.7 Å². The van der Waals surface area contributed by atoms with E-state index in [1.165, 1.54) is 12.7 Å². The van der Waals surface area contributed by atoms with Crippen molar-refractivity contribution < 1.29 is 14.6 Å². The maximum atomic E-state index is 12.3. The first kappa shape index (κ1) is 16.0. The summed E-state index contributed by atoms with van der Waals surface area (Å²) in [6.45, 7) is 3.79. The third kappa shape index (κ3) is 2.98. The van der Waals surface area contributed by atoms with Crippen molar-refractivity contribution in [3.05, 3.63) is 35.9 Å². The number of benzene rings is 1. The van der Waals surface area contributed by atoms with Crippen LogP contribution in [0.4, 0.5) is 0 Å². The average Bonchev–Trinajstić information content (AvgIpc) is 2.54. The number of hydrogen-bond donors (Lipinski definition) is 1. The van der Waals surface area contributed by atoms with E-state index >= 15 is 0 Å². The molecule has 0 spiro atoms. The van der Waals surface area contributed by atoms with E-state index in [2.05, 4.69) is 12.1 Å². The molecule has 1 aliphatic rings. The third-order valence-electron chi connectivity index (χ3n) is 4.95. The van der Waals surface area contributed by atoms with Crippen LogP contribution in [0.1, 0.15) is 51.0 Å². The lowest BCUT2D eigenvalue weighted by atomic mass is 9.64. The van der Waals surface area contributed by atoms with E-state index in [9.17, 15) is 9.90 Å². The molecule has 3 atom stereocenters. The molecule has 3 nitrogen and oxygen atoms in total. The molecule has 1 aromatic carbocycles. The van der Waals surface area contributed by atoms with Gasteiger partial charge in [-0.25, -0.2) is 4.79 Å². The lowest BCUT2D eigenvalue weighted by Crippen LogP contribution is -2.53. The average molecular weight is 290 g/mol. The number of aliphatic hydroxyl groups is 1. The molecule has 0 aliphatic heterocycles. The summed E-state index contributed by atoms with van der Waals surface area (Å²) in [6, 6.07) is 10.2. The van der Waals surface area contributed by atoms with E-state index in [-0.39, 0.29) is 17.8 Å². The zero-order valence-electron chi connectivity index (χ0n) is 13.2. The molecule has 0 amide bonds. The molecule has 116 valence electrons. The molecule has 1 fully saturated rings. The number of ether oxygens (including phenoxy) is 1. The standard InChI is InChI=1S/C18H26O3/c1-13(2)18(20,17(19)21-3)16-12-8-7-11-15(16)14-9-5-4-6-10-14/h4-6,9-10,13,15-16,20H,7-8,11-12H2,1-3H3. The highest BCUT2D eigenvalue weighted by atomic mass is 16.5. The van der Waals surface area contributed by atoms with Gasteiger partial charge in [0.2, 0.25) is 0 Å². The Morgan fingerprint density at radius 1 is 1.24 bits per heavy atom. The molecular weight excluding hydrogens is 264 g/mol. The quantitative estimate of drug-likeness (QED) is 0.863. The lowest BCUT2D eigenvalue weighted by Gasteiger charge is -2.43. The highest BCUT2D eigenvalue weighted by Crippen LogP contribution is 2.46. The largest absolute Gasteiger partial charge is 0.467 e. The molecule has 3 unspecified atom stereocenters. The van der Waals surface area contributed by atoms with Crippen LogP contribution in [0.15, 0.2) is 30.3 Å². The van der Waals surface area contributed by atoms with Crippen molar-refractivity contribution in [2.24, 2.45) is 11.8 Å². The fourth-order valence-corrected chi connectivity index (χ4v) is 3.74. The Morgan fingerprint density at radius 2 is 1.86 bits per heavy atom. The highest BCUT2D eigenvalue weighted by molar-refractivity contribution is 5.80. The van der Waals surface area contributed by atoms with Gasteiger partial charge in [-0.15, -0.1) is 0 Å². The van der Waals surface area contributed by atoms with Gasteiger partial charge in [-0.3, -0.25) is 0 Å². The molecule has 0 bridgehead atoms. The Morgan fingerprint density at radius 3 is 2.43 bits per heavy atom. The van der Waals surface area contributed by atoms with Gasteiger partial charge in [0.15, 0.2) is 5.60 Å². The molecule has 1 N–H and O–H groups in total. The first-order valence-electron chi connectivity index (χ1n) is 7.87. The van der Waals surface area contributed by atoms with Gasteiger partial charge in [0, 0.05) is 5.92 Å². The minimum Gasteiger partial charge on any atom is -0.467 e. The van der Waals surface area contributed by atoms with Gasteiger partial charge in [0.05, 0.1) is 7.11 Å². The summed E-state index contributed by atoms with van der Waals surface area (Å²) in [5.74, 6) is -0.530. The van der Waals surface area contributed by atoms with E-state index in [1.54, 1.807) is 0 Å². The maximum absolute atomic E-state index is 12.3. The second kappa shape index (κ2) is 6.61. The summed E-state index contributed by atoms with van der Waals surface area (Å²) < 4.78 is 4.93. The van der Waals surface area contributed by atoms with Gasteiger partial charge < -0.3 is 9.84 Å². The number of carbonyl (C=O) groups excluding carboxylic acids is 1. The summed E-state index contributed by atoms with van der Waals surface area (Å²) in [7, 11) is 1.36. The summed E-state index contributed by atoms with van der Waals surface area (Å²) in [5.41, 5.74) is -0.194. The fraction of sp³-hybridized carbons (Fsp3) is 0.611. The fourth-order valence-electron chi connectivity index (χ4n) is 3.74. The van der Waals surface area contributed by atoms with Crippen molar-refractivity contribution in [2.45, 2.75) is 51.0 Å². The molecule has 2 rings (SSSR count). The molecule has 1 saturated carbocycles. The van der Waals surface area contributed by atoms with Crippen LogP contribution in [0.5, 0.6) is 0 Å². The maximum Gasteiger partial charge on any atom is 0.338 e. The Kier molecular flexibility index (Phi) is 5.04. The van der Waals surface area contributed by atoms with Gasteiger partial charge in [0.1, 0.15) is 0 Å². The predicted octanol–water partition coefficient (Wildman–Crippen LogP) is 3.52. The van der Waals surface area contributed by atoms with E-state index in [4.69, 9.17) is 4.74 Å². The van der Waals surface area contributed by atoms with Crippen molar-refractivity contribution in [3.63, 3.8) is 0 Å². The molecule has 3 heteroatoms. The Bertz CT molecular complexity index is 469. The van der Waals surface area contributed by atoms with Crippen molar-refractivity contribution in [3.8, 4) is 0 Å². The monoisotopic (exact) mass is 290 g/mol.